The molecule has 6 nitrogen and oxygen atoms in total. The van der Waals surface area contributed by atoms with Crippen LogP contribution in [0.4, 0.5) is 0 Å². The molecule has 242 valence electrons. The molecule has 4 rings (SSSR count). The molecular weight excluding hydrogens is 610 g/mol. The van der Waals surface area contributed by atoms with Crippen LogP contribution in [0.15, 0.2) is 121 Å². The van der Waals surface area contributed by atoms with Crippen LogP contribution in [-0.2, 0) is 18.6 Å². The van der Waals surface area contributed by atoms with Gasteiger partial charge in [-0.15, -0.1) is 0 Å². The number of rotatable bonds is 16. The molecule has 0 heterocycles. The van der Waals surface area contributed by atoms with Crippen molar-refractivity contribution >= 4 is 49.3 Å². The van der Waals surface area contributed by atoms with Crippen molar-refractivity contribution in [3.8, 4) is 0 Å². The van der Waals surface area contributed by atoms with Crippen molar-refractivity contribution in [3.05, 3.63) is 121 Å². The summed E-state index contributed by atoms with van der Waals surface area (Å²) in [5, 5.41) is 10.3. The van der Waals surface area contributed by atoms with E-state index < -0.39 is 28.1 Å². The second kappa shape index (κ2) is 18.7. The van der Waals surface area contributed by atoms with Crippen LogP contribution in [0.5, 0.6) is 0 Å². The average molecular weight is 657 g/mol. The maximum atomic E-state index is 13.3. The van der Waals surface area contributed by atoms with Crippen LogP contribution in [0.3, 0.4) is 0 Å². The van der Waals surface area contributed by atoms with E-state index in [-0.39, 0.29) is 12.1 Å². The molecule has 4 aromatic rings. The Bertz CT molecular complexity index is 1270. The van der Waals surface area contributed by atoms with Crippen molar-refractivity contribution in [1.82, 2.24) is 10.6 Å². The predicted molar refractivity (Wildman–Crippen MR) is 193 cm³/mol. The van der Waals surface area contributed by atoms with Gasteiger partial charge in [-0.1, -0.05) is 149 Å². The van der Waals surface area contributed by atoms with E-state index in [9.17, 15) is 9.59 Å². The topological polar surface area (TPSA) is 76.7 Å². The van der Waals surface area contributed by atoms with E-state index in [0.29, 0.717) is 37.9 Å². The third-order valence-corrected chi connectivity index (χ3v) is 11.0. The Morgan fingerprint density at radius 2 is 0.761 bits per heavy atom. The van der Waals surface area contributed by atoms with Crippen molar-refractivity contribution in [3.63, 3.8) is 0 Å². The lowest BCUT2D eigenvalue weighted by Crippen LogP contribution is -2.50. The Kier molecular flexibility index (Phi) is 14.4. The maximum Gasteiger partial charge on any atom is 0.309 e. The highest BCUT2D eigenvalue weighted by Gasteiger charge is 2.26. The molecule has 2 atom stereocenters. The molecular formula is C38H46N2O4P2. The van der Waals surface area contributed by atoms with Crippen LogP contribution < -0.4 is 31.9 Å². The number of amides is 2. The monoisotopic (exact) mass is 656 g/mol. The minimum Gasteiger partial charge on any atom is -0.348 e. The Hall–Kier alpha value is -3.40. The Morgan fingerprint density at radius 1 is 0.500 bits per heavy atom. The van der Waals surface area contributed by atoms with Crippen LogP contribution >= 0.6 is 16.3 Å². The molecule has 0 aliphatic heterocycles. The van der Waals surface area contributed by atoms with Crippen LogP contribution in [0.2, 0.25) is 0 Å². The highest BCUT2D eigenvalue weighted by atomic mass is 31.1. The van der Waals surface area contributed by atoms with E-state index in [1.807, 2.05) is 72.8 Å². The number of carbonyl (C=O) groups is 2. The van der Waals surface area contributed by atoms with Gasteiger partial charge >= 0.3 is 11.8 Å². The molecule has 0 aliphatic rings. The second-order valence-corrected chi connectivity index (χ2v) is 15.9. The summed E-state index contributed by atoms with van der Waals surface area (Å²) in [4.78, 5) is 26.6. The van der Waals surface area contributed by atoms with E-state index in [0.717, 1.165) is 21.2 Å². The molecule has 0 spiro atoms. The van der Waals surface area contributed by atoms with E-state index in [1.54, 1.807) is 0 Å². The predicted octanol–water partition coefficient (Wildman–Crippen LogP) is 6.18. The van der Waals surface area contributed by atoms with Crippen LogP contribution in [0.1, 0.15) is 40.5 Å². The van der Waals surface area contributed by atoms with Gasteiger partial charge in [0.15, 0.2) is 0 Å². The zero-order valence-electron chi connectivity index (χ0n) is 27.2. The van der Waals surface area contributed by atoms with E-state index in [4.69, 9.17) is 9.05 Å². The quantitative estimate of drug-likeness (QED) is 0.112. The molecule has 2 amide bonds. The molecule has 0 saturated carbocycles. The maximum absolute atomic E-state index is 13.3. The van der Waals surface area contributed by atoms with Gasteiger partial charge < -0.3 is 19.7 Å². The molecule has 46 heavy (non-hydrogen) atoms. The third-order valence-electron chi connectivity index (χ3n) is 7.16. The second-order valence-electron chi connectivity index (χ2n) is 12.1. The summed E-state index contributed by atoms with van der Waals surface area (Å²) in [7, 11) is -2.18. The molecule has 4 aromatic carbocycles. The molecule has 0 aromatic heterocycles. The first-order valence-electron chi connectivity index (χ1n) is 16.0. The summed E-state index contributed by atoms with van der Waals surface area (Å²) >= 11 is 0. The van der Waals surface area contributed by atoms with Gasteiger partial charge in [0.05, 0.1) is 41.6 Å². The van der Waals surface area contributed by atoms with Gasteiger partial charge in [-0.25, -0.2) is 0 Å². The Balaban J connectivity index is 1.42. The Labute approximate surface area is 277 Å². The number of hydrogen-bond donors (Lipinski definition) is 2. The number of carbonyl (C=O) groups excluding carboxylic acids is 2. The number of benzene rings is 4. The highest BCUT2D eigenvalue weighted by Crippen LogP contribution is 2.36. The smallest absolute Gasteiger partial charge is 0.309 e. The van der Waals surface area contributed by atoms with Gasteiger partial charge in [0.2, 0.25) is 0 Å². The van der Waals surface area contributed by atoms with E-state index in [1.165, 1.54) is 0 Å². The molecule has 0 bridgehead atoms. The molecule has 0 aliphatic carbocycles. The summed E-state index contributed by atoms with van der Waals surface area (Å²) < 4.78 is 13.1. The highest BCUT2D eigenvalue weighted by molar-refractivity contribution is 7.68. The summed E-state index contributed by atoms with van der Waals surface area (Å²) in [6.45, 7) is 9.00. The van der Waals surface area contributed by atoms with Crippen molar-refractivity contribution in [2.24, 2.45) is 11.8 Å². The normalized spacial score (nSPS) is 12.8. The standard InChI is InChI=1S/C38H46N2O4P2/c1-29(2)25-31(27-43-45(33-17-9-5-10-18-33)34-19-11-6-12-20-34)39-37(41)38(42)40-32(26-30(3)4)28-44-46(35-21-13-7-14-22-35)36-23-15-8-16-24-36/h5-24,29-32H,25-28H2,1-4H3,(H,39,41)(H,40,42)/t31-,32-/m0/s1. The molecule has 8 heteroatoms. The summed E-state index contributed by atoms with van der Waals surface area (Å²) in [5.41, 5.74) is 0. The number of nitrogens with one attached hydrogen (secondary N) is 2. The first-order chi connectivity index (χ1) is 22.3. The zero-order valence-corrected chi connectivity index (χ0v) is 29.0. The summed E-state index contributed by atoms with van der Waals surface area (Å²) in [6.07, 6.45) is 1.37. The van der Waals surface area contributed by atoms with Crippen molar-refractivity contribution in [2.45, 2.75) is 52.6 Å². The number of hydrogen-bond acceptors (Lipinski definition) is 4. The minimum atomic E-state index is -1.09. The van der Waals surface area contributed by atoms with E-state index in [2.05, 4.69) is 86.9 Å². The molecule has 0 saturated heterocycles. The first-order valence-corrected chi connectivity index (χ1v) is 18.5. The summed E-state index contributed by atoms with van der Waals surface area (Å²) in [5.74, 6) is -0.705. The molecule has 2 N–H and O–H groups in total. The fourth-order valence-electron chi connectivity index (χ4n) is 5.16. The van der Waals surface area contributed by atoms with Crippen molar-refractivity contribution < 1.29 is 18.6 Å². The molecule has 0 unspecified atom stereocenters. The van der Waals surface area contributed by atoms with Crippen molar-refractivity contribution in [2.75, 3.05) is 13.2 Å². The van der Waals surface area contributed by atoms with E-state index >= 15 is 0 Å². The average Bonchev–Trinajstić information content (AvgIpc) is 3.06. The fourth-order valence-corrected chi connectivity index (χ4v) is 8.78. The third kappa shape index (κ3) is 11.4. The van der Waals surface area contributed by atoms with Crippen LogP contribution in [0, 0.1) is 11.8 Å². The summed E-state index contributed by atoms with van der Waals surface area (Å²) in [6, 6.07) is 40.0. The van der Waals surface area contributed by atoms with Gasteiger partial charge in [-0.05, 0) is 24.7 Å². The lowest BCUT2D eigenvalue weighted by molar-refractivity contribution is -0.140. The molecule has 0 radical (unpaired) electrons. The van der Waals surface area contributed by atoms with Crippen molar-refractivity contribution in [1.29, 1.82) is 0 Å². The minimum absolute atomic E-state index is 0.295. The molecule has 0 fully saturated rings. The Morgan fingerprint density at radius 3 is 1.00 bits per heavy atom. The van der Waals surface area contributed by atoms with Crippen LogP contribution in [-0.4, -0.2) is 37.1 Å². The lowest BCUT2D eigenvalue weighted by Gasteiger charge is -2.26. The van der Waals surface area contributed by atoms with Crippen LogP contribution in [0.25, 0.3) is 0 Å². The largest absolute Gasteiger partial charge is 0.348 e. The first kappa shape index (κ1) is 35.5. The van der Waals surface area contributed by atoms with Gasteiger partial charge in [0, 0.05) is 21.2 Å². The zero-order chi connectivity index (χ0) is 32.7. The van der Waals surface area contributed by atoms with Gasteiger partial charge in [-0.3, -0.25) is 9.59 Å². The lowest BCUT2D eigenvalue weighted by atomic mass is 10.0. The van der Waals surface area contributed by atoms with Gasteiger partial charge in [0.25, 0.3) is 0 Å². The fraction of sp³-hybridized carbons (Fsp3) is 0.316. The van der Waals surface area contributed by atoms with Gasteiger partial charge in [0.1, 0.15) is 0 Å². The SMILES string of the molecule is CC(C)C[C@@H](COP(c1ccccc1)c1ccccc1)NC(=O)C(=O)N[C@H](COP(c1ccccc1)c1ccccc1)CC(C)C. The van der Waals surface area contributed by atoms with Gasteiger partial charge in [-0.2, -0.15) is 0 Å².